The molecule has 152 valence electrons. The monoisotopic (exact) mass is 392 g/mol. The van der Waals surface area contributed by atoms with Crippen LogP contribution in [0.25, 0.3) is 10.9 Å². The zero-order valence-corrected chi connectivity index (χ0v) is 17.4. The summed E-state index contributed by atoms with van der Waals surface area (Å²) < 4.78 is 1.60. The largest absolute Gasteiger partial charge is 0.353 e. The Balaban J connectivity index is 1.39. The van der Waals surface area contributed by atoms with Crippen LogP contribution in [0.1, 0.15) is 26.5 Å². The highest BCUT2D eigenvalue weighted by Crippen LogP contribution is 2.23. The molecular weight excluding hydrogens is 364 g/mol. The lowest BCUT2D eigenvalue weighted by atomic mass is 9.92. The molecule has 29 heavy (non-hydrogen) atoms. The van der Waals surface area contributed by atoms with Crippen molar-refractivity contribution in [3.63, 3.8) is 0 Å². The summed E-state index contributed by atoms with van der Waals surface area (Å²) in [5.41, 5.74) is 1.81. The lowest BCUT2D eigenvalue weighted by Gasteiger charge is -2.35. The first-order valence-corrected chi connectivity index (χ1v) is 10.2. The number of hydrogen-bond acceptors (Lipinski definition) is 6. The van der Waals surface area contributed by atoms with E-state index in [0.717, 1.165) is 55.1 Å². The third-order valence-electron chi connectivity index (χ3n) is 5.46. The Morgan fingerprint density at radius 2 is 1.69 bits per heavy atom. The molecule has 0 unspecified atom stereocenters. The maximum atomic E-state index is 12.2. The van der Waals surface area contributed by atoms with E-state index in [-0.39, 0.29) is 11.0 Å². The molecule has 0 aliphatic carbocycles. The lowest BCUT2D eigenvalue weighted by Crippen LogP contribution is -2.48. The van der Waals surface area contributed by atoms with E-state index in [1.807, 2.05) is 24.3 Å². The molecule has 7 heteroatoms. The summed E-state index contributed by atoms with van der Waals surface area (Å²) >= 11 is 0. The zero-order valence-electron chi connectivity index (χ0n) is 17.4. The van der Waals surface area contributed by atoms with Crippen LogP contribution in [-0.4, -0.2) is 57.4 Å². The fourth-order valence-corrected chi connectivity index (χ4v) is 3.67. The summed E-state index contributed by atoms with van der Waals surface area (Å²) in [6, 6.07) is 11.6. The number of benzene rings is 1. The third kappa shape index (κ3) is 4.29. The van der Waals surface area contributed by atoms with Gasteiger partial charge in [0.2, 0.25) is 0 Å². The van der Waals surface area contributed by atoms with Crippen LogP contribution in [0.4, 0.5) is 5.82 Å². The molecule has 1 fully saturated rings. The molecule has 1 aromatic carbocycles. The van der Waals surface area contributed by atoms with Crippen LogP contribution in [0.5, 0.6) is 0 Å². The molecule has 1 aliphatic heterocycles. The van der Waals surface area contributed by atoms with Crippen molar-refractivity contribution in [1.29, 1.82) is 0 Å². The Bertz CT molecular complexity index is 1040. The lowest BCUT2D eigenvalue weighted by molar-refractivity contribution is 0.241. The fraction of sp³-hybridized carbons (Fsp3) is 0.455. The van der Waals surface area contributed by atoms with Crippen LogP contribution < -0.4 is 10.5 Å². The molecule has 0 bridgehead atoms. The van der Waals surface area contributed by atoms with Crippen molar-refractivity contribution in [3.8, 4) is 0 Å². The van der Waals surface area contributed by atoms with Gasteiger partial charge in [0.1, 0.15) is 12.1 Å². The molecule has 0 amide bonds. The van der Waals surface area contributed by atoms with Gasteiger partial charge < -0.3 is 4.90 Å². The molecule has 0 atom stereocenters. The summed E-state index contributed by atoms with van der Waals surface area (Å²) in [5, 5.41) is 5.67. The van der Waals surface area contributed by atoms with Gasteiger partial charge in [-0.15, -0.1) is 0 Å². The van der Waals surface area contributed by atoms with Gasteiger partial charge in [-0.2, -0.15) is 5.10 Å². The van der Waals surface area contributed by atoms with E-state index >= 15 is 0 Å². The second-order valence-corrected chi connectivity index (χ2v) is 8.57. The predicted molar refractivity (Wildman–Crippen MR) is 115 cm³/mol. The van der Waals surface area contributed by atoms with Gasteiger partial charge in [-0.05, 0) is 18.2 Å². The maximum Gasteiger partial charge on any atom is 0.266 e. The number of para-hydroxylation sites is 1. The van der Waals surface area contributed by atoms with Gasteiger partial charge in [0.15, 0.2) is 0 Å². The minimum Gasteiger partial charge on any atom is -0.353 e. The number of aromatic nitrogens is 4. The summed E-state index contributed by atoms with van der Waals surface area (Å²) in [6.45, 7) is 11.5. The topological polar surface area (TPSA) is 67.2 Å². The Labute approximate surface area is 171 Å². The summed E-state index contributed by atoms with van der Waals surface area (Å²) in [4.78, 5) is 25.8. The van der Waals surface area contributed by atoms with Crippen LogP contribution in [0.15, 0.2) is 47.5 Å². The van der Waals surface area contributed by atoms with Crippen molar-refractivity contribution < 1.29 is 0 Å². The number of hydrogen-bond donors (Lipinski definition) is 0. The first kappa shape index (κ1) is 19.5. The molecule has 4 rings (SSSR count). The van der Waals surface area contributed by atoms with Crippen molar-refractivity contribution in [2.75, 3.05) is 37.6 Å². The second-order valence-electron chi connectivity index (χ2n) is 8.57. The number of fused-ring (bicyclic) bond motifs is 1. The van der Waals surface area contributed by atoms with Crippen LogP contribution in [-0.2, 0) is 12.0 Å². The third-order valence-corrected chi connectivity index (χ3v) is 5.46. The van der Waals surface area contributed by atoms with Crippen LogP contribution >= 0.6 is 0 Å². The minimum absolute atomic E-state index is 0.0379. The highest BCUT2D eigenvalue weighted by Gasteiger charge is 2.20. The quantitative estimate of drug-likeness (QED) is 0.679. The zero-order chi connectivity index (χ0) is 20.4. The number of anilines is 1. The van der Waals surface area contributed by atoms with E-state index in [1.165, 1.54) is 0 Å². The van der Waals surface area contributed by atoms with E-state index in [2.05, 4.69) is 51.7 Å². The molecule has 1 saturated heterocycles. The molecule has 0 N–H and O–H groups in total. The Morgan fingerprint density at radius 1 is 0.931 bits per heavy atom. The van der Waals surface area contributed by atoms with E-state index in [9.17, 15) is 4.79 Å². The van der Waals surface area contributed by atoms with Crippen molar-refractivity contribution in [1.82, 2.24) is 24.6 Å². The van der Waals surface area contributed by atoms with Crippen molar-refractivity contribution >= 4 is 16.7 Å². The summed E-state index contributed by atoms with van der Waals surface area (Å²) in [5.74, 6) is 1.01. The smallest absolute Gasteiger partial charge is 0.266 e. The van der Waals surface area contributed by atoms with Crippen molar-refractivity contribution in [2.45, 2.75) is 32.7 Å². The van der Waals surface area contributed by atoms with E-state index < -0.39 is 0 Å². The Morgan fingerprint density at radius 3 is 2.45 bits per heavy atom. The number of nitrogens with zero attached hydrogens (tertiary/aromatic N) is 6. The Hall–Kier alpha value is -2.80. The molecular formula is C22H28N6O. The number of piperazine rings is 1. The normalized spacial score (nSPS) is 15.8. The average Bonchev–Trinajstić information content (AvgIpc) is 2.72. The molecule has 0 radical (unpaired) electrons. The van der Waals surface area contributed by atoms with E-state index in [4.69, 9.17) is 0 Å². The highest BCUT2D eigenvalue weighted by atomic mass is 16.1. The first-order chi connectivity index (χ1) is 13.9. The molecule has 0 saturated carbocycles. The average molecular weight is 393 g/mol. The minimum atomic E-state index is -0.0681. The van der Waals surface area contributed by atoms with Gasteiger partial charge in [0.05, 0.1) is 17.8 Å². The van der Waals surface area contributed by atoms with Crippen molar-refractivity contribution in [2.24, 2.45) is 0 Å². The highest BCUT2D eigenvalue weighted by molar-refractivity contribution is 5.89. The van der Waals surface area contributed by atoms with Crippen LogP contribution in [0.2, 0.25) is 0 Å². The molecule has 3 aromatic rings. The maximum absolute atomic E-state index is 12.2. The SMILES string of the molecule is CC(C)(C)c1ccc(=O)n(CCN2CCN(c3ncnc4ccccc34)CC2)n1. The molecule has 7 nitrogen and oxygen atoms in total. The number of rotatable bonds is 4. The standard InChI is InChI=1S/C22H28N6O/c1-22(2,3)19-8-9-20(29)28(25-19)15-12-26-10-13-27(14-11-26)21-17-6-4-5-7-18(17)23-16-24-21/h4-9,16H,10-15H2,1-3H3. The van der Waals surface area contributed by atoms with Gasteiger partial charge in [-0.1, -0.05) is 32.9 Å². The van der Waals surface area contributed by atoms with Crippen molar-refractivity contribution in [3.05, 3.63) is 58.8 Å². The van der Waals surface area contributed by atoms with Gasteiger partial charge in [-0.3, -0.25) is 9.69 Å². The molecule has 0 spiro atoms. The van der Waals surface area contributed by atoms with Gasteiger partial charge >= 0.3 is 0 Å². The summed E-state index contributed by atoms with van der Waals surface area (Å²) in [6.07, 6.45) is 1.64. The molecule has 1 aliphatic rings. The van der Waals surface area contributed by atoms with E-state index in [0.29, 0.717) is 6.54 Å². The molecule has 2 aromatic heterocycles. The molecule has 3 heterocycles. The fourth-order valence-electron chi connectivity index (χ4n) is 3.67. The Kier molecular flexibility index (Phi) is 5.32. The van der Waals surface area contributed by atoms with E-state index in [1.54, 1.807) is 17.1 Å². The van der Waals surface area contributed by atoms with Gasteiger partial charge in [-0.25, -0.2) is 14.6 Å². The predicted octanol–water partition coefficient (Wildman–Crippen LogP) is 2.31. The second kappa shape index (κ2) is 7.91. The first-order valence-electron chi connectivity index (χ1n) is 10.2. The summed E-state index contributed by atoms with van der Waals surface area (Å²) in [7, 11) is 0. The van der Waals surface area contributed by atoms with Gasteiger partial charge in [0, 0.05) is 49.6 Å². The van der Waals surface area contributed by atoms with Gasteiger partial charge in [0.25, 0.3) is 5.56 Å². The van der Waals surface area contributed by atoms with Crippen LogP contribution in [0, 0.1) is 0 Å². The van der Waals surface area contributed by atoms with Crippen LogP contribution in [0.3, 0.4) is 0 Å².